The van der Waals surface area contributed by atoms with Crippen molar-refractivity contribution in [1.82, 2.24) is 9.80 Å². The van der Waals surface area contributed by atoms with Crippen LogP contribution in [0.2, 0.25) is 0 Å². The third-order valence-corrected chi connectivity index (χ3v) is 6.58. The van der Waals surface area contributed by atoms with Gasteiger partial charge in [-0.3, -0.25) is 4.79 Å². The first-order chi connectivity index (χ1) is 17.1. The molecule has 36 heavy (non-hydrogen) atoms. The van der Waals surface area contributed by atoms with Gasteiger partial charge >= 0.3 is 6.18 Å². The topological polar surface area (TPSA) is 45.1 Å². The first kappa shape index (κ1) is 23.9. The maximum atomic E-state index is 13.1. The maximum absolute atomic E-state index is 13.1. The van der Waals surface area contributed by atoms with E-state index in [4.69, 9.17) is 9.73 Å². The fourth-order valence-electron chi connectivity index (χ4n) is 4.66. The third-order valence-electron chi connectivity index (χ3n) is 6.58. The summed E-state index contributed by atoms with van der Waals surface area (Å²) in [4.78, 5) is 22.0. The Morgan fingerprint density at radius 1 is 0.944 bits per heavy atom. The van der Waals surface area contributed by atoms with Crippen molar-refractivity contribution in [3.05, 3.63) is 88.5 Å². The standard InChI is InChI=1S/C28H26F3N3O2/c1-17-5-11-24-22(14-17)26(32-23-10-4-18(2)15-25(23)36-24)33-12-13-34(19(3)16-33)27(35)20-6-8-21(9-7-20)28(29,30)31/h4-11,14-15,19H,12-13,16H2,1-3H3. The van der Waals surface area contributed by atoms with Crippen LogP contribution in [0.4, 0.5) is 18.9 Å². The Morgan fingerprint density at radius 2 is 1.64 bits per heavy atom. The molecule has 186 valence electrons. The monoisotopic (exact) mass is 493 g/mol. The van der Waals surface area contributed by atoms with Crippen LogP contribution in [-0.2, 0) is 6.18 Å². The van der Waals surface area contributed by atoms with Crippen LogP contribution in [0.5, 0.6) is 11.5 Å². The number of piperazine rings is 1. The Hall–Kier alpha value is -3.81. The summed E-state index contributed by atoms with van der Waals surface area (Å²) in [7, 11) is 0. The molecular formula is C28H26F3N3O2. The van der Waals surface area contributed by atoms with Crippen molar-refractivity contribution in [2.24, 2.45) is 4.99 Å². The SMILES string of the molecule is Cc1ccc2c(c1)Oc1ccc(C)cc1C(N1CCN(C(=O)c3ccc(C(F)(F)F)cc3)C(C)C1)=N2. The van der Waals surface area contributed by atoms with Crippen LogP contribution >= 0.6 is 0 Å². The Morgan fingerprint density at radius 3 is 2.33 bits per heavy atom. The first-order valence-corrected chi connectivity index (χ1v) is 11.8. The number of benzene rings is 3. The summed E-state index contributed by atoms with van der Waals surface area (Å²) in [6.07, 6.45) is -4.43. The number of hydrogen-bond donors (Lipinski definition) is 0. The summed E-state index contributed by atoms with van der Waals surface area (Å²) in [5, 5.41) is 0. The molecule has 0 aliphatic carbocycles. The van der Waals surface area contributed by atoms with Gasteiger partial charge in [-0.15, -0.1) is 0 Å². The molecule has 1 amide bonds. The number of aryl methyl sites for hydroxylation is 2. The van der Waals surface area contributed by atoms with Gasteiger partial charge in [-0.1, -0.05) is 17.7 Å². The zero-order chi connectivity index (χ0) is 25.6. The van der Waals surface area contributed by atoms with Crippen LogP contribution in [-0.4, -0.2) is 47.2 Å². The average Bonchev–Trinajstić information content (AvgIpc) is 2.99. The normalized spacial score (nSPS) is 17.5. The molecule has 1 unspecified atom stereocenters. The molecule has 5 nitrogen and oxygen atoms in total. The van der Waals surface area contributed by atoms with Gasteiger partial charge < -0.3 is 14.5 Å². The predicted molar refractivity (Wildman–Crippen MR) is 132 cm³/mol. The molecule has 0 aromatic heterocycles. The molecule has 3 aromatic carbocycles. The number of nitrogens with zero attached hydrogens (tertiary/aromatic N) is 3. The van der Waals surface area contributed by atoms with Crippen LogP contribution in [0.15, 0.2) is 65.7 Å². The molecule has 5 rings (SSSR count). The van der Waals surface area contributed by atoms with Gasteiger partial charge in [0, 0.05) is 31.2 Å². The summed E-state index contributed by atoms with van der Waals surface area (Å²) < 4.78 is 45.0. The molecule has 1 saturated heterocycles. The molecule has 0 saturated carbocycles. The average molecular weight is 494 g/mol. The maximum Gasteiger partial charge on any atom is 0.416 e. The van der Waals surface area contributed by atoms with E-state index in [1.54, 1.807) is 4.90 Å². The molecule has 0 N–H and O–H groups in total. The third kappa shape index (κ3) is 4.55. The molecule has 1 fully saturated rings. The van der Waals surface area contributed by atoms with E-state index in [9.17, 15) is 18.0 Å². The molecular weight excluding hydrogens is 467 g/mol. The van der Waals surface area contributed by atoms with Gasteiger partial charge in [0.25, 0.3) is 5.91 Å². The number of halogens is 3. The highest BCUT2D eigenvalue weighted by atomic mass is 19.4. The van der Waals surface area contributed by atoms with E-state index in [0.717, 1.165) is 46.1 Å². The van der Waals surface area contributed by atoms with E-state index < -0.39 is 11.7 Å². The van der Waals surface area contributed by atoms with Crippen LogP contribution in [0.3, 0.4) is 0 Å². The number of carbonyl (C=O) groups is 1. The molecule has 2 aliphatic heterocycles. The smallest absolute Gasteiger partial charge is 0.416 e. The minimum Gasteiger partial charge on any atom is -0.454 e. The fourth-order valence-corrected chi connectivity index (χ4v) is 4.66. The van der Waals surface area contributed by atoms with Crippen molar-refractivity contribution >= 4 is 17.4 Å². The summed E-state index contributed by atoms with van der Waals surface area (Å²) >= 11 is 0. The summed E-state index contributed by atoms with van der Waals surface area (Å²) in [5.74, 6) is 1.92. The van der Waals surface area contributed by atoms with Crippen molar-refractivity contribution in [3.8, 4) is 11.5 Å². The molecule has 8 heteroatoms. The largest absolute Gasteiger partial charge is 0.454 e. The van der Waals surface area contributed by atoms with Crippen LogP contribution in [0.1, 0.15) is 39.5 Å². The number of alkyl halides is 3. The second kappa shape index (κ2) is 9.00. The number of ether oxygens (including phenoxy) is 1. The molecule has 1 atom stereocenters. The second-order valence-corrected chi connectivity index (χ2v) is 9.38. The van der Waals surface area contributed by atoms with E-state index in [1.165, 1.54) is 12.1 Å². The number of rotatable bonds is 1. The van der Waals surface area contributed by atoms with Gasteiger partial charge in [0.15, 0.2) is 5.75 Å². The van der Waals surface area contributed by atoms with E-state index in [-0.39, 0.29) is 17.5 Å². The first-order valence-electron chi connectivity index (χ1n) is 11.8. The lowest BCUT2D eigenvalue weighted by Crippen LogP contribution is -2.55. The number of hydrogen-bond acceptors (Lipinski definition) is 4. The number of amides is 1. The highest BCUT2D eigenvalue weighted by molar-refractivity contribution is 6.04. The molecule has 2 heterocycles. The number of carbonyl (C=O) groups excluding carboxylic acids is 1. The quantitative estimate of drug-likeness (QED) is 0.397. The summed E-state index contributed by atoms with van der Waals surface area (Å²) in [5.41, 5.74) is 3.25. The molecule has 0 spiro atoms. The molecule has 0 bridgehead atoms. The highest BCUT2D eigenvalue weighted by Crippen LogP contribution is 2.39. The predicted octanol–water partition coefficient (Wildman–Crippen LogP) is 6.35. The van der Waals surface area contributed by atoms with Gasteiger partial charge in [0.05, 0.1) is 11.1 Å². The van der Waals surface area contributed by atoms with Crippen molar-refractivity contribution in [2.45, 2.75) is 33.0 Å². The zero-order valence-corrected chi connectivity index (χ0v) is 20.3. The van der Waals surface area contributed by atoms with Crippen molar-refractivity contribution in [1.29, 1.82) is 0 Å². The number of aliphatic imine (C=N–C) groups is 1. The minimum atomic E-state index is -4.43. The van der Waals surface area contributed by atoms with E-state index >= 15 is 0 Å². The second-order valence-electron chi connectivity index (χ2n) is 9.38. The Balaban J connectivity index is 1.41. The Bertz CT molecular complexity index is 1350. The van der Waals surface area contributed by atoms with Gasteiger partial charge in [-0.05, 0) is 74.9 Å². The highest BCUT2D eigenvalue weighted by Gasteiger charge is 2.33. The van der Waals surface area contributed by atoms with Crippen LogP contribution in [0.25, 0.3) is 0 Å². The lowest BCUT2D eigenvalue weighted by molar-refractivity contribution is -0.137. The molecule has 2 aliphatic rings. The van der Waals surface area contributed by atoms with Crippen LogP contribution < -0.4 is 4.74 Å². The van der Waals surface area contributed by atoms with Gasteiger partial charge in [-0.2, -0.15) is 13.2 Å². The van der Waals surface area contributed by atoms with E-state index in [2.05, 4.69) is 11.0 Å². The molecule has 3 aromatic rings. The summed E-state index contributed by atoms with van der Waals surface area (Å²) in [6, 6.07) is 16.1. The van der Waals surface area contributed by atoms with Crippen LogP contribution in [0, 0.1) is 13.8 Å². The Kier molecular flexibility index (Phi) is 5.98. The van der Waals surface area contributed by atoms with E-state index in [1.807, 2.05) is 51.1 Å². The summed E-state index contributed by atoms with van der Waals surface area (Å²) in [6.45, 7) is 7.44. The Labute approximate surface area is 207 Å². The van der Waals surface area contributed by atoms with Crippen molar-refractivity contribution < 1.29 is 22.7 Å². The van der Waals surface area contributed by atoms with E-state index in [0.29, 0.717) is 25.4 Å². The number of fused-ring (bicyclic) bond motifs is 2. The number of amidine groups is 1. The molecule has 0 radical (unpaired) electrons. The zero-order valence-electron chi connectivity index (χ0n) is 20.3. The van der Waals surface area contributed by atoms with Crippen molar-refractivity contribution in [3.63, 3.8) is 0 Å². The lowest BCUT2D eigenvalue weighted by atomic mass is 10.1. The van der Waals surface area contributed by atoms with Crippen molar-refractivity contribution in [2.75, 3.05) is 19.6 Å². The lowest BCUT2D eigenvalue weighted by Gasteiger charge is -2.41. The fraction of sp³-hybridized carbons (Fsp3) is 0.286. The van der Waals surface area contributed by atoms with Gasteiger partial charge in [0.2, 0.25) is 0 Å². The van der Waals surface area contributed by atoms with Gasteiger partial charge in [0.1, 0.15) is 17.3 Å². The minimum absolute atomic E-state index is 0.175. The van der Waals surface area contributed by atoms with Gasteiger partial charge in [-0.25, -0.2) is 4.99 Å².